The third kappa shape index (κ3) is 2.88. The number of hydrogen-bond acceptors (Lipinski definition) is 5. The van der Waals surface area contributed by atoms with Crippen LogP contribution in [-0.2, 0) is 11.3 Å². The quantitative estimate of drug-likeness (QED) is 0.645. The van der Waals surface area contributed by atoms with E-state index < -0.39 is 0 Å². The smallest absolute Gasteiger partial charge is 0.244 e. The summed E-state index contributed by atoms with van der Waals surface area (Å²) in [6, 6.07) is 0. The molecular weight excluding hydrogens is 182 g/mol. The molecule has 0 fully saturated rings. The van der Waals surface area contributed by atoms with Gasteiger partial charge in [-0.25, -0.2) is 4.68 Å². The molecule has 0 bridgehead atoms. The second kappa shape index (κ2) is 5.43. The van der Waals surface area contributed by atoms with Crippen LogP contribution in [0.5, 0.6) is 0 Å². The summed E-state index contributed by atoms with van der Waals surface area (Å²) in [5, 5.41) is 7.20. The molecule has 0 spiro atoms. The van der Waals surface area contributed by atoms with E-state index in [2.05, 4.69) is 22.3 Å². The third-order valence-corrected chi connectivity index (χ3v) is 1.73. The zero-order valence-corrected chi connectivity index (χ0v) is 8.66. The number of nitrogen functional groups attached to an aromatic ring is 1. The average molecular weight is 199 g/mol. The van der Waals surface area contributed by atoms with E-state index in [9.17, 15) is 0 Å². The van der Waals surface area contributed by atoms with Crippen LogP contribution in [0.4, 0.5) is 11.9 Å². The largest absolute Gasteiger partial charge is 0.383 e. The van der Waals surface area contributed by atoms with E-state index in [0.29, 0.717) is 25.0 Å². The molecule has 3 N–H and O–H groups in total. The zero-order valence-electron chi connectivity index (χ0n) is 8.66. The molecule has 6 nitrogen and oxygen atoms in total. The van der Waals surface area contributed by atoms with Crippen LogP contribution in [-0.4, -0.2) is 35.0 Å². The second-order valence-electron chi connectivity index (χ2n) is 2.94. The fourth-order valence-electron chi connectivity index (χ4n) is 1.07. The molecule has 0 aliphatic rings. The van der Waals surface area contributed by atoms with Gasteiger partial charge in [0.15, 0.2) is 0 Å². The third-order valence-electron chi connectivity index (χ3n) is 1.73. The van der Waals surface area contributed by atoms with E-state index in [-0.39, 0.29) is 0 Å². The van der Waals surface area contributed by atoms with Gasteiger partial charge in [0.25, 0.3) is 0 Å². The van der Waals surface area contributed by atoms with E-state index in [1.807, 2.05) is 0 Å². The number of hydrogen-bond donors (Lipinski definition) is 2. The first-order chi connectivity index (χ1) is 6.77. The van der Waals surface area contributed by atoms with Gasteiger partial charge in [0.1, 0.15) is 0 Å². The SMILES string of the molecule is CCCn1nc(NCCOC)nc1N. The maximum Gasteiger partial charge on any atom is 0.244 e. The number of aromatic nitrogens is 3. The summed E-state index contributed by atoms with van der Waals surface area (Å²) in [5.74, 6) is 1.01. The molecule has 0 aliphatic heterocycles. The highest BCUT2D eigenvalue weighted by Gasteiger charge is 2.04. The van der Waals surface area contributed by atoms with E-state index in [0.717, 1.165) is 13.0 Å². The van der Waals surface area contributed by atoms with Crippen LogP contribution in [0.2, 0.25) is 0 Å². The summed E-state index contributed by atoms with van der Waals surface area (Å²) >= 11 is 0. The van der Waals surface area contributed by atoms with Crippen molar-refractivity contribution in [3.8, 4) is 0 Å². The first kappa shape index (κ1) is 10.8. The first-order valence-electron chi connectivity index (χ1n) is 4.71. The fourth-order valence-corrected chi connectivity index (χ4v) is 1.07. The molecule has 1 rings (SSSR count). The highest BCUT2D eigenvalue weighted by atomic mass is 16.5. The zero-order chi connectivity index (χ0) is 10.4. The van der Waals surface area contributed by atoms with Crippen molar-refractivity contribution in [3.63, 3.8) is 0 Å². The topological polar surface area (TPSA) is 78.0 Å². The molecule has 80 valence electrons. The van der Waals surface area contributed by atoms with Gasteiger partial charge in [0.05, 0.1) is 6.61 Å². The van der Waals surface area contributed by atoms with Gasteiger partial charge >= 0.3 is 0 Å². The van der Waals surface area contributed by atoms with E-state index in [1.54, 1.807) is 11.8 Å². The Labute approximate surface area is 83.5 Å². The molecule has 0 amide bonds. The van der Waals surface area contributed by atoms with Crippen molar-refractivity contribution >= 4 is 11.9 Å². The van der Waals surface area contributed by atoms with Crippen LogP contribution in [0.25, 0.3) is 0 Å². The average Bonchev–Trinajstić information content (AvgIpc) is 2.49. The standard InChI is InChI=1S/C8H17N5O/c1-3-5-13-7(9)11-8(12-13)10-4-6-14-2/h3-6H2,1-2H3,(H3,9,10,11,12). The number of aryl methyl sites for hydroxylation is 1. The Bertz CT molecular complexity index is 273. The molecule has 0 saturated carbocycles. The maximum atomic E-state index is 5.65. The Morgan fingerprint density at radius 2 is 2.36 bits per heavy atom. The normalized spacial score (nSPS) is 10.4. The van der Waals surface area contributed by atoms with Gasteiger partial charge < -0.3 is 15.8 Å². The summed E-state index contributed by atoms with van der Waals surface area (Å²) in [6.07, 6.45) is 0.991. The molecule has 0 unspecified atom stereocenters. The number of rotatable bonds is 6. The van der Waals surface area contributed by atoms with Gasteiger partial charge in [0.2, 0.25) is 11.9 Å². The lowest BCUT2D eigenvalue weighted by Crippen LogP contribution is -2.09. The molecule has 1 aromatic heterocycles. The monoisotopic (exact) mass is 199 g/mol. The predicted octanol–water partition coefficient (Wildman–Crippen LogP) is 0.329. The van der Waals surface area contributed by atoms with Crippen LogP contribution in [0, 0.1) is 0 Å². The minimum Gasteiger partial charge on any atom is -0.383 e. The second-order valence-corrected chi connectivity index (χ2v) is 2.94. The summed E-state index contributed by atoms with van der Waals surface area (Å²) in [6.45, 7) is 4.18. The number of ether oxygens (including phenoxy) is 1. The van der Waals surface area contributed by atoms with Gasteiger partial charge in [-0.1, -0.05) is 6.92 Å². The lowest BCUT2D eigenvalue weighted by Gasteiger charge is -1.99. The van der Waals surface area contributed by atoms with Crippen LogP contribution in [0.3, 0.4) is 0 Å². The number of nitrogens with zero attached hydrogens (tertiary/aromatic N) is 3. The highest BCUT2D eigenvalue weighted by molar-refractivity contribution is 5.31. The lowest BCUT2D eigenvalue weighted by molar-refractivity contribution is 0.210. The number of nitrogens with one attached hydrogen (secondary N) is 1. The van der Waals surface area contributed by atoms with Crippen molar-refractivity contribution in [1.82, 2.24) is 14.8 Å². The van der Waals surface area contributed by atoms with Crippen molar-refractivity contribution < 1.29 is 4.74 Å². The number of nitrogens with two attached hydrogens (primary N) is 1. The van der Waals surface area contributed by atoms with E-state index in [1.165, 1.54) is 0 Å². The lowest BCUT2D eigenvalue weighted by atomic mass is 10.5. The van der Waals surface area contributed by atoms with Gasteiger partial charge in [-0.05, 0) is 6.42 Å². The Kier molecular flexibility index (Phi) is 4.18. The Morgan fingerprint density at radius 1 is 1.57 bits per heavy atom. The molecule has 0 saturated heterocycles. The summed E-state index contributed by atoms with van der Waals surface area (Å²) in [4.78, 5) is 4.06. The van der Waals surface area contributed by atoms with Crippen LogP contribution < -0.4 is 11.1 Å². The first-order valence-corrected chi connectivity index (χ1v) is 4.71. The van der Waals surface area contributed by atoms with Crippen LogP contribution in [0.1, 0.15) is 13.3 Å². The highest BCUT2D eigenvalue weighted by Crippen LogP contribution is 2.04. The molecule has 1 heterocycles. The summed E-state index contributed by atoms with van der Waals surface area (Å²) in [7, 11) is 1.65. The van der Waals surface area contributed by atoms with Crippen LogP contribution >= 0.6 is 0 Å². The van der Waals surface area contributed by atoms with E-state index in [4.69, 9.17) is 10.5 Å². The van der Waals surface area contributed by atoms with Crippen molar-refractivity contribution in [1.29, 1.82) is 0 Å². The van der Waals surface area contributed by atoms with Crippen molar-refractivity contribution in [2.75, 3.05) is 31.3 Å². The minimum atomic E-state index is 0.451. The molecule has 0 atom stereocenters. The van der Waals surface area contributed by atoms with Crippen molar-refractivity contribution in [3.05, 3.63) is 0 Å². The van der Waals surface area contributed by atoms with Gasteiger partial charge in [-0.3, -0.25) is 0 Å². The van der Waals surface area contributed by atoms with Crippen LogP contribution in [0.15, 0.2) is 0 Å². The molecule has 0 aliphatic carbocycles. The molecule has 0 radical (unpaired) electrons. The molecular formula is C8H17N5O. The molecule has 0 aromatic carbocycles. The van der Waals surface area contributed by atoms with Gasteiger partial charge in [-0.2, -0.15) is 4.98 Å². The Balaban J connectivity index is 2.48. The minimum absolute atomic E-state index is 0.451. The maximum absolute atomic E-state index is 5.65. The summed E-state index contributed by atoms with van der Waals surface area (Å²) in [5.41, 5.74) is 5.65. The Morgan fingerprint density at radius 3 is 3.00 bits per heavy atom. The number of methoxy groups -OCH3 is 1. The summed E-state index contributed by atoms with van der Waals surface area (Å²) < 4.78 is 6.58. The van der Waals surface area contributed by atoms with Gasteiger partial charge in [0, 0.05) is 20.2 Å². The van der Waals surface area contributed by atoms with E-state index >= 15 is 0 Å². The number of anilines is 2. The van der Waals surface area contributed by atoms with Crippen molar-refractivity contribution in [2.24, 2.45) is 0 Å². The van der Waals surface area contributed by atoms with Gasteiger partial charge in [-0.15, -0.1) is 5.10 Å². The molecule has 6 heteroatoms. The molecule has 1 aromatic rings. The van der Waals surface area contributed by atoms with Crippen molar-refractivity contribution in [2.45, 2.75) is 19.9 Å². The fraction of sp³-hybridized carbons (Fsp3) is 0.750. The Hall–Kier alpha value is -1.30. The predicted molar refractivity (Wildman–Crippen MR) is 55.1 cm³/mol. The molecule has 14 heavy (non-hydrogen) atoms.